The minimum absolute atomic E-state index is 0.551. The highest BCUT2D eigenvalue weighted by Crippen LogP contribution is 2.30. The molecule has 1 aromatic rings. The molecule has 0 aromatic heterocycles. The first-order valence-electron chi connectivity index (χ1n) is 4.61. The molecular formula is C11H11NS. The van der Waals surface area contributed by atoms with Gasteiger partial charge in [0.1, 0.15) is 0 Å². The first-order valence-corrected chi connectivity index (χ1v) is 5.66. The molecule has 2 heteroatoms. The number of hydrogen-bond donors (Lipinski definition) is 1. The third kappa shape index (κ3) is 1.09. The van der Waals surface area contributed by atoms with Crippen LogP contribution in [0.25, 0.3) is 11.8 Å². The van der Waals surface area contributed by atoms with Crippen LogP contribution in [-0.4, -0.2) is 11.1 Å². The van der Waals surface area contributed by atoms with Gasteiger partial charge in [-0.3, -0.25) is 0 Å². The lowest BCUT2D eigenvalue weighted by molar-refractivity contribution is 0.956. The highest BCUT2D eigenvalue weighted by molar-refractivity contribution is 8.00. The quantitative estimate of drug-likeness (QED) is 0.643. The van der Waals surface area contributed by atoms with Gasteiger partial charge < -0.3 is 5.32 Å². The van der Waals surface area contributed by atoms with Gasteiger partial charge in [0.2, 0.25) is 0 Å². The van der Waals surface area contributed by atoms with Crippen molar-refractivity contribution in [3.05, 3.63) is 34.7 Å². The van der Waals surface area contributed by atoms with Crippen LogP contribution in [-0.2, 0) is 0 Å². The van der Waals surface area contributed by atoms with Crippen LogP contribution < -0.4 is 15.8 Å². The summed E-state index contributed by atoms with van der Waals surface area (Å²) in [5.74, 6) is 1.26. The third-order valence-electron chi connectivity index (χ3n) is 2.67. The van der Waals surface area contributed by atoms with Gasteiger partial charge in [0, 0.05) is 6.20 Å². The van der Waals surface area contributed by atoms with E-state index in [4.69, 9.17) is 0 Å². The van der Waals surface area contributed by atoms with Crippen LogP contribution in [0.15, 0.2) is 24.3 Å². The first kappa shape index (κ1) is 7.51. The Bertz CT molecular complexity index is 449. The van der Waals surface area contributed by atoms with Gasteiger partial charge in [-0.05, 0) is 28.2 Å². The van der Waals surface area contributed by atoms with E-state index >= 15 is 0 Å². The molecule has 2 aliphatic heterocycles. The van der Waals surface area contributed by atoms with Crippen molar-refractivity contribution < 1.29 is 0 Å². The summed E-state index contributed by atoms with van der Waals surface area (Å²) in [6.07, 6.45) is 3.38. The van der Waals surface area contributed by atoms with Crippen LogP contribution in [0.3, 0.4) is 0 Å². The molecule has 0 aliphatic carbocycles. The van der Waals surface area contributed by atoms with E-state index in [1.807, 2.05) is 11.8 Å². The molecule has 0 saturated carbocycles. The topological polar surface area (TPSA) is 12.0 Å². The van der Waals surface area contributed by atoms with Gasteiger partial charge >= 0.3 is 0 Å². The Kier molecular flexibility index (Phi) is 1.62. The Hall–Kier alpha value is -0.890. The van der Waals surface area contributed by atoms with E-state index in [1.165, 1.54) is 22.6 Å². The molecule has 2 heterocycles. The van der Waals surface area contributed by atoms with Gasteiger partial charge in [-0.1, -0.05) is 24.3 Å². The zero-order valence-electron chi connectivity index (χ0n) is 7.29. The maximum absolute atomic E-state index is 3.44. The molecule has 66 valence electrons. The van der Waals surface area contributed by atoms with Crippen molar-refractivity contribution in [2.45, 2.75) is 11.8 Å². The van der Waals surface area contributed by atoms with Crippen molar-refractivity contribution in [2.75, 3.05) is 5.75 Å². The van der Waals surface area contributed by atoms with Gasteiger partial charge in [0.15, 0.2) is 0 Å². The van der Waals surface area contributed by atoms with Crippen LogP contribution in [0.2, 0.25) is 0 Å². The zero-order chi connectivity index (χ0) is 8.67. The fourth-order valence-electron chi connectivity index (χ4n) is 2.02. The molecule has 1 unspecified atom stereocenters. The van der Waals surface area contributed by atoms with E-state index in [1.54, 1.807) is 5.57 Å². The second-order valence-corrected chi connectivity index (χ2v) is 4.64. The van der Waals surface area contributed by atoms with Crippen LogP contribution in [0.1, 0.15) is 6.42 Å². The highest BCUT2D eigenvalue weighted by atomic mass is 32.2. The monoisotopic (exact) mass is 189 g/mol. The number of thioether (sulfide) groups is 1. The van der Waals surface area contributed by atoms with Crippen molar-refractivity contribution >= 4 is 23.5 Å². The van der Waals surface area contributed by atoms with Crippen LogP contribution in [0.5, 0.6) is 0 Å². The van der Waals surface area contributed by atoms with E-state index in [0.29, 0.717) is 5.37 Å². The number of hydrogen-bond acceptors (Lipinski definition) is 2. The van der Waals surface area contributed by atoms with Crippen molar-refractivity contribution in [3.63, 3.8) is 0 Å². The predicted molar refractivity (Wildman–Crippen MR) is 57.6 cm³/mol. The van der Waals surface area contributed by atoms with Gasteiger partial charge in [0.25, 0.3) is 0 Å². The molecule has 1 fully saturated rings. The van der Waals surface area contributed by atoms with Crippen molar-refractivity contribution in [1.29, 1.82) is 0 Å². The molecule has 0 spiro atoms. The minimum atomic E-state index is 0.551. The molecule has 1 N–H and O–H groups in total. The minimum Gasteiger partial charge on any atom is -0.375 e. The third-order valence-corrected chi connectivity index (χ3v) is 3.86. The zero-order valence-corrected chi connectivity index (χ0v) is 8.10. The van der Waals surface area contributed by atoms with E-state index in [9.17, 15) is 0 Å². The second-order valence-electron chi connectivity index (χ2n) is 3.42. The molecule has 1 aromatic carbocycles. The Balaban J connectivity index is 2.38. The lowest BCUT2D eigenvalue weighted by atomic mass is 10.1. The first-order chi connectivity index (χ1) is 6.45. The average Bonchev–Trinajstić information content (AvgIpc) is 2.65. The van der Waals surface area contributed by atoms with Gasteiger partial charge in [0.05, 0.1) is 5.37 Å². The molecule has 0 bridgehead atoms. The van der Waals surface area contributed by atoms with Gasteiger partial charge in [-0.25, -0.2) is 0 Å². The standard InChI is InChI=1S/C11H11NS/c1-2-4-9-8(3-1)7-12-11-10(9)5-6-13-11/h1-4,7,11-12H,5-6H2. The summed E-state index contributed by atoms with van der Waals surface area (Å²) in [6, 6.07) is 8.64. The van der Waals surface area contributed by atoms with E-state index in [0.717, 1.165) is 0 Å². The lowest BCUT2D eigenvalue weighted by Gasteiger charge is -2.15. The molecule has 2 aliphatic rings. The normalized spacial score (nSPS) is 24.3. The molecule has 3 rings (SSSR count). The highest BCUT2D eigenvalue weighted by Gasteiger charge is 2.22. The summed E-state index contributed by atoms with van der Waals surface area (Å²) in [5, 5.41) is 6.79. The smallest absolute Gasteiger partial charge is 0.0944 e. The second kappa shape index (κ2) is 2.81. The fourth-order valence-corrected chi connectivity index (χ4v) is 3.21. The predicted octanol–water partition coefficient (Wildman–Crippen LogP) is 0.641. The Morgan fingerprint density at radius 1 is 1.31 bits per heavy atom. The summed E-state index contributed by atoms with van der Waals surface area (Å²) in [5.41, 5.74) is 1.59. The molecule has 0 amide bonds. The van der Waals surface area contributed by atoms with E-state index in [2.05, 4.69) is 35.8 Å². The molecule has 1 saturated heterocycles. The van der Waals surface area contributed by atoms with Crippen LogP contribution >= 0.6 is 11.8 Å². The Morgan fingerprint density at radius 3 is 3.23 bits per heavy atom. The maximum atomic E-state index is 3.44. The van der Waals surface area contributed by atoms with Crippen LogP contribution in [0.4, 0.5) is 0 Å². The van der Waals surface area contributed by atoms with Crippen molar-refractivity contribution in [1.82, 2.24) is 5.32 Å². The largest absolute Gasteiger partial charge is 0.375 e. The van der Waals surface area contributed by atoms with Gasteiger partial charge in [-0.15, -0.1) is 11.8 Å². The summed E-state index contributed by atoms with van der Waals surface area (Å²) in [4.78, 5) is 0. The number of nitrogens with one attached hydrogen (secondary N) is 1. The van der Waals surface area contributed by atoms with Gasteiger partial charge in [-0.2, -0.15) is 0 Å². The molecule has 0 radical (unpaired) electrons. The Morgan fingerprint density at radius 2 is 2.23 bits per heavy atom. The maximum Gasteiger partial charge on any atom is 0.0944 e. The Labute approximate surface area is 81.5 Å². The van der Waals surface area contributed by atoms with E-state index < -0.39 is 0 Å². The number of fused-ring (bicyclic) bond motifs is 2. The number of rotatable bonds is 0. The van der Waals surface area contributed by atoms with Crippen LogP contribution in [0, 0.1) is 0 Å². The molecule has 13 heavy (non-hydrogen) atoms. The molecular weight excluding hydrogens is 178 g/mol. The number of benzene rings is 1. The fraction of sp³-hybridized carbons (Fsp3) is 0.273. The lowest BCUT2D eigenvalue weighted by Crippen LogP contribution is -2.39. The van der Waals surface area contributed by atoms with Crippen molar-refractivity contribution in [3.8, 4) is 0 Å². The van der Waals surface area contributed by atoms with E-state index in [-0.39, 0.29) is 0 Å². The summed E-state index contributed by atoms with van der Waals surface area (Å²) < 4.78 is 0. The summed E-state index contributed by atoms with van der Waals surface area (Å²) in [7, 11) is 0. The summed E-state index contributed by atoms with van der Waals surface area (Å²) in [6.45, 7) is 0. The van der Waals surface area contributed by atoms with Crippen molar-refractivity contribution in [2.24, 2.45) is 0 Å². The SMILES string of the molecule is C1=c2ccccc2=C2CCSC2N1. The molecule has 1 nitrogen and oxygen atoms in total. The average molecular weight is 189 g/mol. The molecule has 1 atom stereocenters. The summed E-state index contributed by atoms with van der Waals surface area (Å²) >= 11 is 2.01.